The van der Waals surface area contributed by atoms with Crippen LogP contribution >= 0.6 is 0 Å². The zero-order valence-corrected chi connectivity index (χ0v) is 10.6. The number of hydrogen-bond acceptors (Lipinski definition) is 4. The average Bonchev–Trinajstić information content (AvgIpc) is 2.41. The number of nitrogens with one attached hydrogen (secondary N) is 2. The van der Waals surface area contributed by atoms with E-state index < -0.39 is 0 Å². The van der Waals surface area contributed by atoms with Crippen LogP contribution in [0.4, 0.5) is 17.3 Å². The fourth-order valence-corrected chi connectivity index (χ4v) is 1.71. The van der Waals surface area contributed by atoms with Crippen LogP contribution in [0.1, 0.15) is 5.56 Å². The fourth-order valence-electron chi connectivity index (χ4n) is 1.71. The molecule has 1 aromatic carbocycles. The summed E-state index contributed by atoms with van der Waals surface area (Å²) in [6, 6.07) is 13.9. The maximum absolute atomic E-state index is 5.18. The molecule has 0 atom stereocenters. The van der Waals surface area contributed by atoms with Crippen LogP contribution < -0.4 is 10.6 Å². The molecule has 0 aliphatic rings. The van der Waals surface area contributed by atoms with Crippen molar-refractivity contribution in [1.82, 2.24) is 4.98 Å². The summed E-state index contributed by atoms with van der Waals surface area (Å²) in [5.74, 6) is 1.65. The SMILES string of the molecule is CNc1cccc(Nc2ccccc2COC)n1. The number of methoxy groups -OCH3 is 1. The lowest BCUT2D eigenvalue weighted by molar-refractivity contribution is 0.185. The lowest BCUT2D eigenvalue weighted by atomic mass is 10.2. The zero-order valence-electron chi connectivity index (χ0n) is 10.6. The molecule has 0 bridgehead atoms. The van der Waals surface area contributed by atoms with Gasteiger partial charge < -0.3 is 15.4 Å². The van der Waals surface area contributed by atoms with Crippen molar-refractivity contribution in [2.75, 3.05) is 24.8 Å². The van der Waals surface area contributed by atoms with E-state index in [2.05, 4.69) is 15.6 Å². The lowest BCUT2D eigenvalue weighted by Gasteiger charge is -2.11. The number of benzene rings is 1. The molecule has 0 aliphatic heterocycles. The molecule has 0 radical (unpaired) electrons. The molecule has 2 rings (SSSR count). The van der Waals surface area contributed by atoms with Crippen molar-refractivity contribution in [2.45, 2.75) is 6.61 Å². The highest BCUT2D eigenvalue weighted by molar-refractivity contribution is 5.61. The van der Waals surface area contributed by atoms with Gasteiger partial charge in [-0.1, -0.05) is 24.3 Å². The van der Waals surface area contributed by atoms with Crippen molar-refractivity contribution >= 4 is 17.3 Å². The van der Waals surface area contributed by atoms with Crippen LogP contribution in [0.5, 0.6) is 0 Å². The van der Waals surface area contributed by atoms with Crippen LogP contribution in [0, 0.1) is 0 Å². The largest absolute Gasteiger partial charge is 0.380 e. The van der Waals surface area contributed by atoms with E-state index in [-0.39, 0.29) is 0 Å². The van der Waals surface area contributed by atoms with Gasteiger partial charge in [-0.3, -0.25) is 0 Å². The molecular formula is C14H17N3O. The molecule has 0 aliphatic carbocycles. The second-order valence-electron chi connectivity index (χ2n) is 3.87. The standard InChI is InChI=1S/C14H17N3O/c1-15-13-8-5-9-14(17-13)16-12-7-4-3-6-11(12)10-18-2/h3-9H,10H2,1-2H3,(H2,15,16,17). The maximum atomic E-state index is 5.18. The van der Waals surface area contributed by atoms with Crippen molar-refractivity contribution in [1.29, 1.82) is 0 Å². The predicted molar refractivity (Wildman–Crippen MR) is 74.2 cm³/mol. The molecule has 4 heteroatoms. The summed E-state index contributed by atoms with van der Waals surface area (Å²) in [6.07, 6.45) is 0. The van der Waals surface area contributed by atoms with E-state index in [4.69, 9.17) is 4.74 Å². The normalized spacial score (nSPS) is 10.1. The molecule has 4 nitrogen and oxygen atoms in total. The molecule has 2 aromatic rings. The number of hydrogen-bond donors (Lipinski definition) is 2. The number of nitrogens with zero attached hydrogens (tertiary/aromatic N) is 1. The fraction of sp³-hybridized carbons (Fsp3) is 0.214. The Morgan fingerprint density at radius 1 is 1.06 bits per heavy atom. The van der Waals surface area contributed by atoms with Gasteiger partial charge in [-0.15, -0.1) is 0 Å². The summed E-state index contributed by atoms with van der Waals surface area (Å²) < 4.78 is 5.18. The highest BCUT2D eigenvalue weighted by Gasteiger charge is 2.02. The number of pyridine rings is 1. The van der Waals surface area contributed by atoms with E-state index in [9.17, 15) is 0 Å². The smallest absolute Gasteiger partial charge is 0.132 e. The van der Waals surface area contributed by atoms with E-state index in [0.717, 1.165) is 22.9 Å². The average molecular weight is 243 g/mol. The van der Waals surface area contributed by atoms with Gasteiger partial charge in [0.2, 0.25) is 0 Å². The van der Waals surface area contributed by atoms with E-state index >= 15 is 0 Å². The second kappa shape index (κ2) is 6.02. The maximum Gasteiger partial charge on any atom is 0.132 e. The lowest BCUT2D eigenvalue weighted by Crippen LogP contribution is -2.00. The van der Waals surface area contributed by atoms with Gasteiger partial charge in [0.05, 0.1) is 6.61 Å². The Hall–Kier alpha value is -2.07. The molecule has 94 valence electrons. The Bertz CT molecular complexity index is 514. The summed E-state index contributed by atoms with van der Waals surface area (Å²) in [5, 5.41) is 6.32. The zero-order chi connectivity index (χ0) is 12.8. The first-order valence-corrected chi connectivity index (χ1v) is 5.82. The van der Waals surface area contributed by atoms with Gasteiger partial charge in [0, 0.05) is 25.4 Å². The summed E-state index contributed by atoms with van der Waals surface area (Å²) in [5.41, 5.74) is 2.12. The molecule has 0 amide bonds. The van der Waals surface area contributed by atoms with Gasteiger partial charge in [0.25, 0.3) is 0 Å². The van der Waals surface area contributed by atoms with Gasteiger partial charge in [-0.05, 0) is 18.2 Å². The van der Waals surface area contributed by atoms with Crippen molar-refractivity contribution in [3.05, 3.63) is 48.0 Å². The first-order valence-electron chi connectivity index (χ1n) is 5.82. The molecule has 1 aromatic heterocycles. The number of para-hydroxylation sites is 1. The summed E-state index contributed by atoms with van der Waals surface area (Å²) >= 11 is 0. The van der Waals surface area contributed by atoms with Crippen LogP contribution in [0.25, 0.3) is 0 Å². The minimum atomic E-state index is 0.578. The van der Waals surface area contributed by atoms with Crippen molar-refractivity contribution < 1.29 is 4.74 Å². The third kappa shape index (κ3) is 2.99. The molecule has 0 unspecified atom stereocenters. The number of ether oxygens (including phenoxy) is 1. The number of rotatable bonds is 5. The minimum Gasteiger partial charge on any atom is -0.380 e. The van der Waals surface area contributed by atoms with Gasteiger partial charge in [-0.2, -0.15) is 0 Å². The van der Waals surface area contributed by atoms with Crippen LogP contribution in [-0.4, -0.2) is 19.1 Å². The van der Waals surface area contributed by atoms with Crippen LogP contribution in [-0.2, 0) is 11.3 Å². The highest BCUT2D eigenvalue weighted by atomic mass is 16.5. The van der Waals surface area contributed by atoms with Crippen LogP contribution in [0.2, 0.25) is 0 Å². The first-order chi connectivity index (χ1) is 8.83. The van der Waals surface area contributed by atoms with Crippen molar-refractivity contribution in [2.24, 2.45) is 0 Å². The summed E-state index contributed by atoms with van der Waals surface area (Å²) in [7, 11) is 3.54. The molecule has 0 saturated heterocycles. The topological polar surface area (TPSA) is 46.2 Å². The Labute approximate surface area is 107 Å². The number of aromatic nitrogens is 1. The third-order valence-electron chi connectivity index (χ3n) is 2.59. The predicted octanol–water partition coefficient (Wildman–Crippen LogP) is 3.01. The van der Waals surface area contributed by atoms with E-state index in [1.54, 1.807) is 7.11 Å². The highest BCUT2D eigenvalue weighted by Crippen LogP contribution is 2.21. The Morgan fingerprint density at radius 2 is 1.83 bits per heavy atom. The molecule has 18 heavy (non-hydrogen) atoms. The van der Waals surface area contributed by atoms with Crippen molar-refractivity contribution in [3.8, 4) is 0 Å². The Morgan fingerprint density at radius 3 is 2.61 bits per heavy atom. The number of anilines is 3. The Kier molecular flexibility index (Phi) is 4.15. The summed E-state index contributed by atoms with van der Waals surface area (Å²) in [4.78, 5) is 4.42. The van der Waals surface area contributed by atoms with E-state index in [1.165, 1.54) is 0 Å². The molecule has 2 N–H and O–H groups in total. The molecule has 0 spiro atoms. The third-order valence-corrected chi connectivity index (χ3v) is 2.59. The van der Waals surface area contributed by atoms with Gasteiger partial charge >= 0.3 is 0 Å². The van der Waals surface area contributed by atoms with Crippen LogP contribution in [0.15, 0.2) is 42.5 Å². The van der Waals surface area contributed by atoms with E-state index in [1.807, 2.05) is 49.5 Å². The van der Waals surface area contributed by atoms with Gasteiger partial charge in [0.1, 0.15) is 11.6 Å². The van der Waals surface area contributed by atoms with Gasteiger partial charge in [0.15, 0.2) is 0 Å². The van der Waals surface area contributed by atoms with Crippen LogP contribution in [0.3, 0.4) is 0 Å². The molecular weight excluding hydrogens is 226 g/mol. The molecule has 0 saturated carbocycles. The molecule has 0 fully saturated rings. The molecule has 1 heterocycles. The quantitative estimate of drug-likeness (QED) is 0.847. The summed E-state index contributed by atoms with van der Waals surface area (Å²) in [6.45, 7) is 0.578. The first kappa shape index (κ1) is 12.4. The van der Waals surface area contributed by atoms with Gasteiger partial charge in [-0.25, -0.2) is 4.98 Å². The second-order valence-corrected chi connectivity index (χ2v) is 3.87. The minimum absolute atomic E-state index is 0.578. The van der Waals surface area contributed by atoms with Crippen molar-refractivity contribution in [3.63, 3.8) is 0 Å². The Balaban J connectivity index is 2.22. The van der Waals surface area contributed by atoms with E-state index in [0.29, 0.717) is 6.61 Å². The monoisotopic (exact) mass is 243 g/mol.